The van der Waals surface area contributed by atoms with Crippen LogP contribution in [0.3, 0.4) is 0 Å². The molecular formula is C19H20BrFN2O3. The summed E-state index contributed by atoms with van der Waals surface area (Å²) < 4.78 is 19.9. The van der Waals surface area contributed by atoms with Gasteiger partial charge in [0.05, 0.1) is 15.6 Å². The third-order valence-corrected chi connectivity index (χ3v) is 5.59. The first-order valence-corrected chi connectivity index (χ1v) is 9.28. The molecule has 5 nitrogen and oxygen atoms in total. The summed E-state index contributed by atoms with van der Waals surface area (Å²) in [7, 11) is 0. The Morgan fingerprint density at radius 3 is 2.42 bits per heavy atom. The monoisotopic (exact) mass is 422 g/mol. The summed E-state index contributed by atoms with van der Waals surface area (Å²) in [5.41, 5.74) is 0.593. The van der Waals surface area contributed by atoms with Crippen molar-refractivity contribution >= 4 is 27.7 Å². The van der Waals surface area contributed by atoms with Gasteiger partial charge in [0.1, 0.15) is 17.3 Å². The molecule has 26 heavy (non-hydrogen) atoms. The number of amides is 2. The number of piperidine rings is 1. The summed E-state index contributed by atoms with van der Waals surface area (Å²) >= 11 is 3.38. The summed E-state index contributed by atoms with van der Waals surface area (Å²) in [6.45, 7) is 4.49. The molecule has 1 aromatic heterocycles. The predicted molar refractivity (Wildman–Crippen MR) is 98.7 cm³/mol. The van der Waals surface area contributed by atoms with Gasteiger partial charge in [-0.15, -0.1) is 0 Å². The maximum atomic E-state index is 13.8. The normalized spacial score (nSPS) is 15.2. The topological polar surface area (TPSA) is 62.6 Å². The van der Waals surface area contributed by atoms with Gasteiger partial charge in [0.2, 0.25) is 0 Å². The van der Waals surface area contributed by atoms with Crippen molar-refractivity contribution in [1.29, 1.82) is 0 Å². The molecule has 2 aromatic rings. The minimum atomic E-state index is -0.511. The molecule has 1 N–H and O–H groups in total. The summed E-state index contributed by atoms with van der Waals surface area (Å²) in [6, 6.07) is 5.95. The third kappa shape index (κ3) is 3.67. The van der Waals surface area contributed by atoms with Crippen molar-refractivity contribution in [3.63, 3.8) is 0 Å². The van der Waals surface area contributed by atoms with Crippen molar-refractivity contribution in [2.45, 2.75) is 32.7 Å². The predicted octanol–water partition coefficient (Wildman–Crippen LogP) is 3.83. The number of rotatable bonds is 3. The van der Waals surface area contributed by atoms with E-state index in [1.807, 2.05) is 0 Å². The highest BCUT2D eigenvalue weighted by Crippen LogP contribution is 2.27. The van der Waals surface area contributed by atoms with Gasteiger partial charge in [-0.1, -0.05) is 12.1 Å². The number of hydrogen-bond acceptors (Lipinski definition) is 3. The van der Waals surface area contributed by atoms with E-state index in [0.717, 1.165) is 0 Å². The number of nitrogens with zero attached hydrogens (tertiary/aromatic N) is 1. The van der Waals surface area contributed by atoms with E-state index in [-0.39, 0.29) is 23.4 Å². The lowest BCUT2D eigenvalue weighted by molar-refractivity contribution is 0.0693. The van der Waals surface area contributed by atoms with Crippen LogP contribution in [0.1, 0.15) is 45.1 Å². The molecule has 138 valence electrons. The molecule has 0 saturated carbocycles. The number of likely N-dealkylation sites (tertiary alicyclic amines) is 1. The van der Waals surface area contributed by atoms with E-state index in [9.17, 15) is 14.0 Å². The molecule has 1 aliphatic heterocycles. The van der Waals surface area contributed by atoms with Crippen LogP contribution in [-0.4, -0.2) is 35.8 Å². The van der Waals surface area contributed by atoms with Crippen molar-refractivity contribution in [2.75, 3.05) is 13.1 Å². The fourth-order valence-corrected chi connectivity index (χ4v) is 3.75. The Bertz CT molecular complexity index is 841. The SMILES string of the molecule is Cc1oc(C)c(C(=O)NC2CCN(C(=O)c3ccccc3F)CC2)c1Br. The first kappa shape index (κ1) is 18.6. The highest BCUT2D eigenvalue weighted by molar-refractivity contribution is 9.10. The van der Waals surface area contributed by atoms with Gasteiger partial charge in [-0.25, -0.2) is 4.39 Å². The van der Waals surface area contributed by atoms with E-state index >= 15 is 0 Å². The third-order valence-electron chi connectivity index (χ3n) is 4.64. The van der Waals surface area contributed by atoms with Crippen molar-refractivity contribution < 1.29 is 18.4 Å². The molecule has 3 rings (SSSR count). The molecule has 1 aliphatic rings. The lowest BCUT2D eigenvalue weighted by Gasteiger charge is -2.32. The first-order valence-electron chi connectivity index (χ1n) is 8.48. The maximum absolute atomic E-state index is 13.8. The number of hydrogen-bond donors (Lipinski definition) is 1. The molecule has 2 amide bonds. The van der Waals surface area contributed by atoms with Crippen LogP contribution in [0, 0.1) is 19.7 Å². The van der Waals surface area contributed by atoms with Gasteiger partial charge in [0.15, 0.2) is 0 Å². The summed E-state index contributed by atoms with van der Waals surface area (Å²) in [5.74, 6) is 0.225. The zero-order valence-electron chi connectivity index (χ0n) is 14.6. The quantitative estimate of drug-likeness (QED) is 0.817. The smallest absolute Gasteiger partial charge is 0.256 e. The largest absolute Gasteiger partial charge is 0.465 e. The van der Waals surface area contributed by atoms with Crippen LogP contribution >= 0.6 is 15.9 Å². The van der Waals surface area contributed by atoms with E-state index in [4.69, 9.17) is 4.42 Å². The van der Waals surface area contributed by atoms with Crippen molar-refractivity contribution in [1.82, 2.24) is 10.2 Å². The minimum absolute atomic E-state index is 0.0336. The van der Waals surface area contributed by atoms with Crippen LogP contribution in [0.4, 0.5) is 4.39 Å². The highest BCUT2D eigenvalue weighted by atomic mass is 79.9. The molecule has 1 saturated heterocycles. The number of carbonyl (C=O) groups is 2. The van der Waals surface area contributed by atoms with Gasteiger partial charge in [-0.3, -0.25) is 9.59 Å². The zero-order chi connectivity index (χ0) is 18.8. The van der Waals surface area contributed by atoms with Gasteiger partial charge < -0.3 is 14.6 Å². The van der Waals surface area contributed by atoms with Gasteiger partial charge in [-0.2, -0.15) is 0 Å². The first-order chi connectivity index (χ1) is 12.4. The van der Waals surface area contributed by atoms with Gasteiger partial charge in [0.25, 0.3) is 11.8 Å². The number of benzene rings is 1. The number of halogens is 2. The van der Waals surface area contributed by atoms with Crippen LogP contribution in [0.5, 0.6) is 0 Å². The molecule has 0 unspecified atom stereocenters. The van der Waals surface area contributed by atoms with Crippen LogP contribution in [0.25, 0.3) is 0 Å². The van der Waals surface area contributed by atoms with E-state index in [1.54, 1.807) is 30.9 Å². The number of furan rings is 1. The second kappa shape index (κ2) is 7.61. The van der Waals surface area contributed by atoms with Gasteiger partial charge in [0, 0.05) is 19.1 Å². The van der Waals surface area contributed by atoms with E-state index in [2.05, 4.69) is 21.2 Å². The second-order valence-electron chi connectivity index (χ2n) is 6.42. The van der Waals surface area contributed by atoms with Crippen LogP contribution in [0.2, 0.25) is 0 Å². The van der Waals surface area contributed by atoms with E-state index < -0.39 is 5.82 Å². The Kier molecular flexibility index (Phi) is 5.46. The van der Waals surface area contributed by atoms with E-state index in [0.29, 0.717) is 47.5 Å². The fourth-order valence-electron chi connectivity index (χ4n) is 3.21. The molecule has 0 spiro atoms. The maximum Gasteiger partial charge on any atom is 0.256 e. The van der Waals surface area contributed by atoms with Gasteiger partial charge >= 0.3 is 0 Å². The Morgan fingerprint density at radius 1 is 1.19 bits per heavy atom. The average molecular weight is 423 g/mol. The average Bonchev–Trinajstić information content (AvgIpc) is 2.87. The Labute approximate surface area is 159 Å². The molecule has 0 atom stereocenters. The van der Waals surface area contributed by atoms with E-state index in [1.165, 1.54) is 12.1 Å². The molecule has 0 radical (unpaired) electrons. The minimum Gasteiger partial charge on any atom is -0.465 e. The summed E-state index contributed by atoms with van der Waals surface area (Å²) in [4.78, 5) is 26.6. The second-order valence-corrected chi connectivity index (χ2v) is 7.22. The van der Waals surface area contributed by atoms with Crippen molar-refractivity contribution in [3.05, 3.63) is 57.2 Å². The lowest BCUT2D eigenvalue weighted by Crippen LogP contribution is -2.46. The Morgan fingerprint density at radius 2 is 1.85 bits per heavy atom. The lowest BCUT2D eigenvalue weighted by atomic mass is 10.0. The van der Waals surface area contributed by atoms with Gasteiger partial charge in [-0.05, 0) is 54.8 Å². The number of aryl methyl sites for hydroxylation is 2. The summed E-state index contributed by atoms with van der Waals surface area (Å²) in [6.07, 6.45) is 1.25. The van der Waals surface area contributed by atoms with Crippen molar-refractivity contribution in [3.8, 4) is 0 Å². The highest BCUT2D eigenvalue weighted by Gasteiger charge is 2.28. The standard InChI is InChI=1S/C19H20BrFN2O3/c1-11-16(17(20)12(2)26-11)18(24)22-13-7-9-23(10-8-13)19(25)14-5-3-4-6-15(14)21/h3-6,13H,7-10H2,1-2H3,(H,22,24). The molecule has 7 heteroatoms. The van der Waals surface area contributed by atoms with Crippen molar-refractivity contribution in [2.24, 2.45) is 0 Å². The fraction of sp³-hybridized carbons (Fsp3) is 0.368. The van der Waals surface area contributed by atoms with Crippen LogP contribution in [0.15, 0.2) is 33.2 Å². The summed E-state index contributed by atoms with van der Waals surface area (Å²) in [5, 5.41) is 3.00. The molecule has 1 aromatic carbocycles. The Balaban J connectivity index is 1.60. The molecular weight excluding hydrogens is 403 g/mol. The molecule has 0 aliphatic carbocycles. The number of nitrogens with one attached hydrogen (secondary N) is 1. The molecule has 0 bridgehead atoms. The molecule has 2 heterocycles. The Hall–Kier alpha value is -2.15. The number of carbonyl (C=O) groups excluding carboxylic acids is 2. The molecule has 1 fully saturated rings. The van der Waals surface area contributed by atoms with Crippen LogP contribution in [-0.2, 0) is 0 Å². The van der Waals surface area contributed by atoms with Crippen LogP contribution < -0.4 is 5.32 Å². The zero-order valence-corrected chi connectivity index (χ0v) is 16.2.